The maximum atomic E-state index is 12.4. The fourth-order valence-electron chi connectivity index (χ4n) is 3.29. The van der Waals surface area contributed by atoms with Gasteiger partial charge in [0.2, 0.25) is 0 Å². The second-order valence-corrected chi connectivity index (χ2v) is 9.47. The van der Waals surface area contributed by atoms with E-state index in [0.717, 1.165) is 49.2 Å². The molecule has 2 aliphatic rings. The van der Waals surface area contributed by atoms with E-state index in [1.807, 2.05) is 0 Å². The van der Waals surface area contributed by atoms with Crippen molar-refractivity contribution < 1.29 is 50.2 Å². The predicted octanol–water partition coefficient (Wildman–Crippen LogP) is 5.87. The van der Waals surface area contributed by atoms with Crippen LogP contribution in [0, 0.1) is 0 Å². The first-order chi connectivity index (χ1) is 19.1. The fraction of sp³-hybridized carbons (Fsp3) is 0.464. The highest BCUT2D eigenvalue weighted by atomic mass is 35.5. The predicted molar refractivity (Wildman–Crippen MR) is 144 cm³/mol. The van der Waals surface area contributed by atoms with Crippen molar-refractivity contribution in [3.8, 4) is 0 Å². The number of halogens is 7. The van der Waals surface area contributed by atoms with Crippen LogP contribution in [0.25, 0.3) is 0 Å². The first kappa shape index (κ1) is 36.9. The lowest BCUT2D eigenvalue weighted by Gasteiger charge is -2.16. The van der Waals surface area contributed by atoms with E-state index >= 15 is 0 Å². The van der Waals surface area contributed by atoms with E-state index < -0.39 is 34.6 Å². The van der Waals surface area contributed by atoms with Crippen LogP contribution in [-0.4, -0.2) is 42.5 Å². The van der Waals surface area contributed by atoms with Gasteiger partial charge >= 0.3 is 24.3 Å². The van der Waals surface area contributed by atoms with E-state index in [1.54, 1.807) is 13.8 Å². The Morgan fingerprint density at radius 3 is 1.60 bits per heavy atom. The van der Waals surface area contributed by atoms with E-state index in [1.165, 1.54) is 12.1 Å². The fourth-order valence-corrected chi connectivity index (χ4v) is 3.29. The first-order valence-corrected chi connectivity index (χ1v) is 12.8. The monoisotopic (exact) mass is 626 g/mol. The van der Waals surface area contributed by atoms with Gasteiger partial charge in [0.05, 0.1) is 24.3 Å². The molecule has 0 aromatic heterocycles. The summed E-state index contributed by atoms with van der Waals surface area (Å²) < 4.78 is 82.7. The minimum absolute atomic E-state index is 0. The molecule has 0 aliphatic heterocycles. The van der Waals surface area contributed by atoms with Crippen LogP contribution in [0.2, 0.25) is 0 Å². The number of rotatable bonds is 8. The molecule has 2 saturated carbocycles. The Balaban J connectivity index is 0.000000342. The summed E-state index contributed by atoms with van der Waals surface area (Å²) in [6, 6.07) is 8.94. The standard InChI is InChI=1S/C14H16F3NO2.C8H5F3O.C6H11NO2.ClH/c1-2-20-12(19)13(7-8-13)18-9-10-3-5-11(6-4-10)14(15,16)17;9-8(10,11)7-3-1-6(5-12)2-4-7;1-2-9-5(8)6(7)3-4-6;/h3-6,18H,2,7-9H2,1H3;1-5H;2-4,7H2,1H3;1H. The third-order valence-corrected chi connectivity index (χ3v) is 6.17. The van der Waals surface area contributed by atoms with Gasteiger partial charge < -0.3 is 15.2 Å². The molecule has 234 valence electrons. The third-order valence-electron chi connectivity index (χ3n) is 6.17. The number of nitrogens with one attached hydrogen (secondary N) is 1. The molecule has 2 aromatic rings. The molecule has 0 atom stereocenters. The Morgan fingerprint density at radius 1 is 0.810 bits per heavy atom. The normalized spacial score (nSPS) is 15.7. The summed E-state index contributed by atoms with van der Waals surface area (Å²) in [5, 5.41) is 3.07. The van der Waals surface area contributed by atoms with Crippen LogP contribution in [0.5, 0.6) is 0 Å². The average Bonchev–Trinajstić information content (AvgIpc) is 3.85. The van der Waals surface area contributed by atoms with Crippen molar-refractivity contribution in [2.24, 2.45) is 5.73 Å². The van der Waals surface area contributed by atoms with Crippen molar-refractivity contribution in [2.75, 3.05) is 13.2 Å². The first-order valence-electron chi connectivity index (χ1n) is 12.8. The highest BCUT2D eigenvalue weighted by molar-refractivity contribution is 5.85. The topological polar surface area (TPSA) is 108 Å². The van der Waals surface area contributed by atoms with Gasteiger partial charge in [-0.2, -0.15) is 26.3 Å². The van der Waals surface area contributed by atoms with E-state index in [0.29, 0.717) is 44.4 Å². The van der Waals surface area contributed by atoms with Crippen LogP contribution in [0.15, 0.2) is 48.5 Å². The number of carbonyl (C=O) groups excluding carboxylic acids is 3. The zero-order chi connectivity index (χ0) is 30.9. The number of hydrogen-bond donors (Lipinski definition) is 2. The SMILES string of the molecule is CCOC(=O)C1(N)CC1.CCOC(=O)C1(NCc2ccc(C(F)(F)F)cc2)CC1.Cl.O=Cc1ccc(C(F)(F)F)cc1. The number of nitrogens with two attached hydrogens (primary N) is 1. The minimum atomic E-state index is -4.33. The van der Waals surface area contributed by atoms with Crippen LogP contribution in [0.3, 0.4) is 0 Å². The van der Waals surface area contributed by atoms with Gasteiger partial charge in [0.1, 0.15) is 17.4 Å². The molecule has 42 heavy (non-hydrogen) atoms. The Bertz CT molecular complexity index is 1160. The minimum Gasteiger partial charge on any atom is -0.465 e. The summed E-state index contributed by atoms with van der Waals surface area (Å²) >= 11 is 0. The number of ether oxygens (including phenoxy) is 2. The van der Waals surface area contributed by atoms with Crippen molar-refractivity contribution in [3.63, 3.8) is 0 Å². The van der Waals surface area contributed by atoms with Gasteiger partial charge in [0.15, 0.2) is 0 Å². The molecule has 2 aliphatic carbocycles. The lowest BCUT2D eigenvalue weighted by molar-refractivity contribution is -0.147. The quantitative estimate of drug-likeness (QED) is 0.214. The lowest BCUT2D eigenvalue weighted by atomic mass is 10.1. The molecule has 0 bridgehead atoms. The second kappa shape index (κ2) is 15.4. The zero-order valence-electron chi connectivity index (χ0n) is 22.9. The van der Waals surface area contributed by atoms with Crippen LogP contribution in [0.1, 0.15) is 66.6 Å². The highest BCUT2D eigenvalue weighted by Crippen LogP contribution is 2.37. The molecule has 0 radical (unpaired) electrons. The molecule has 2 aromatic carbocycles. The van der Waals surface area contributed by atoms with Gasteiger partial charge in [-0.1, -0.05) is 24.3 Å². The molecule has 7 nitrogen and oxygen atoms in total. The van der Waals surface area contributed by atoms with Crippen LogP contribution in [-0.2, 0) is 38.0 Å². The molecule has 0 unspecified atom stereocenters. The van der Waals surface area contributed by atoms with E-state index in [4.69, 9.17) is 15.2 Å². The average molecular weight is 627 g/mol. The number of hydrogen-bond acceptors (Lipinski definition) is 7. The summed E-state index contributed by atoms with van der Waals surface area (Å²) in [7, 11) is 0. The van der Waals surface area contributed by atoms with E-state index in [2.05, 4.69) is 5.32 Å². The molecule has 2 fully saturated rings. The molecule has 0 spiro atoms. The maximum Gasteiger partial charge on any atom is 0.416 e. The molecule has 14 heteroatoms. The number of alkyl halides is 6. The van der Waals surface area contributed by atoms with Gasteiger partial charge in [-0.3, -0.25) is 19.7 Å². The molecule has 4 rings (SSSR count). The Hall–Kier alpha value is -3.16. The smallest absolute Gasteiger partial charge is 0.416 e. The van der Waals surface area contributed by atoms with Crippen LogP contribution in [0.4, 0.5) is 26.3 Å². The van der Waals surface area contributed by atoms with E-state index in [-0.39, 0.29) is 29.9 Å². The zero-order valence-corrected chi connectivity index (χ0v) is 23.8. The summed E-state index contributed by atoms with van der Waals surface area (Å²) in [6.45, 7) is 4.62. The van der Waals surface area contributed by atoms with Crippen molar-refractivity contribution in [1.82, 2.24) is 5.32 Å². The molecule has 0 amide bonds. The Labute approximate surface area is 245 Å². The van der Waals surface area contributed by atoms with E-state index in [9.17, 15) is 40.7 Å². The second-order valence-electron chi connectivity index (χ2n) is 9.47. The number of esters is 2. The summed E-state index contributed by atoms with van der Waals surface area (Å²) in [5.41, 5.74) is 3.79. The summed E-state index contributed by atoms with van der Waals surface area (Å²) in [4.78, 5) is 32.6. The van der Waals surface area contributed by atoms with Crippen molar-refractivity contribution >= 4 is 30.6 Å². The van der Waals surface area contributed by atoms with Crippen LogP contribution < -0.4 is 11.1 Å². The van der Waals surface area contributed by atoms with Gasteiger partial charge in [-0.15, -0.1) is 12.4 Å². The van der Waals surface area contributed by atoms with Crippen molar-refractivity contribution in [3.05, 3.63) is 70.8 Å². The Morgan fingerprint density at radius 2 is 1.24 bits per heavy atom. The van der Waals surface area contributed by atoms with Gasteiger partial charge in [-0.25, -0.2) is 0 Å². The van der Waals surface area contributed by atoms with Crippen LogP contribution >= 0.6 is 12.4 Å². The number of carbonyl (C=O) groups is 3. The molecule has 3 N–H and O–H groups in total. The van der Waals surface area contributed by atoms with Gasteiger partial charge in [0.25, 0.3) is 0 Å². The van der Waals surface area contributed by atoms with Gasteiger partial charge in [0, 0.05) is 12.1 Å². The largest absolute Gasteiger partial charge is 0.465 e. The molecular weight excluding hydrogens is 594 g/mol. The summed E-state index contributed by atoms with van der Waals surface area (Å²) in [6.07, 6.45) is -5.19. The molecule has 0 saturated heterocycles. The Kier molecular flexibility index (Phi) is 13.5. The third kappa shape index (κ3) is 11.3. The van der Waals surface area contributed by atoms with Gasteiger partial charge in [-0.05, 0) is 69.4 Å². The van der Waals surface area contributed by atoms with Crippen molar-refractivity contribution in [1.29, 1.82) is 0 Å². The molecular formula is C28H33ClF6N2O5. The number of aldehydes is 1. The summed E-state index contributed by atoms with van der Waals surface area (Å²) in [5.74, 6) is -0.531. The van der Waals surface area contributed by atoms with Crippen molar-refractivity contribution in [2.45, 2.75) is 69.5 Å². The maximum absolute atomic E-state index is 12.4. The lowest BCUT2D eigenvalue weighted by Crippen LogP contribution is -2.40. The molecule has 0 heterocycles. The number of benzene rings is 2. The highest BCUT2D eigenvalue weighted by Gasteiger charge is 2.51.